The normalized spacial score (nSPS) is 15.9. The van der Waals surface area contributed by atoms with Crippen LogP contribution in [0.1, 0.15) is 24.7 Å². The fraction of sp³-hybridized carbons (Fsp3) is 0.200. The predicted molar refractivity (Wildman–Crippen MR) is 125 cm³/mol. The second-order valence-corrected chi connectivity index (χ2v) is 7.92. The topological polar surface area (TPSA) is 53.1 Å². The molecule has 5 nitrogen and oxygen atoms in total. The number of oxazole rings is 1. The molecule has 0 spiro atoms. The zero-order chi connectivity index (χ0) is 21.4. The van der Waals surface area contributed by atoms with Gasteiger partial charge in [0.1, 0.15) is 11.3 Å². The molecule has 0 aliphatic carbocycles. The van der Waals surface area contributed by atoms with Crippen molar-refractivity contribution in [3.8, 4) is 11.5 Å². The second-order valence-electron chi connectivity index (χ2n) is 7.51. The average Bonchev–Trinajstić information content (AvgIpc) is 3.41. The van der Waals surface area contributed by atoms with Gasteiger partial charge in [-0.1, -0.05) is 43.0 Å². The van der Waals surface area contributed by atoms with Crippen LogP contribution >= 0.6 is 11.6 Å². The molecule has 2 aromatic carbocycles. The maximum Gasteiger partial charge on any atom is 0.227 e. The first-order chi connectivity index (χ1) is 15.2. The van der Waals surface area contributed by atoms with E-state index in [1.54, 1.807) is 12.2 Å². The predicted octanol–water partition coefficient (Wildman–Crippen LogP) is 6.52. The van der Waals surface area contributed by atoms with Crippen LogP contribution in [0.25, 0.3) is 39.2 Å². The molecular formula is C25H22ClN3O2. The average molecular weight is 432 g/mol. The van der Waals surface area contributed by atoms with Crippen molar-refractivity contribution < 1.29 is 9.15 Å². The van der Waals surface area contributed by atoms with Gasteiger partial charge in [0, 0.05) is 30.4 Å². The van der Waals surface area contributed by atoms with Crippen LogP contribution in [-0.4, -0.2) is 27.7 Å². The summed E-state index contributed by atoms with van der Waals surface area (Å²) >= 11 is 6.46. The number of ether oxygens (including phenoxy) is 1. The van der Waals surface area contributed by atoms with Gasteiger partial charge in [0.15, 0.2) is 5.58 Å². The summed E-state index contributed by atoms with van der Waals surface area (Å²) in [5, 5.41) is 0.526. The second kappa shape index (κ2) is 8.17. The first kappa shape index (κ1) is 19.8. The van der Waals surface area contributed by atoms with E-state index in [2.05, 4.69) is 28.8 Å². The summed E-state index contributed by atoms with van der Waals surface area (Å²) in [6.07, 6.45) is 5.20. The monoisotopic (exact) mass is 431 g/mol. The summed E-state index contributed by atoms with van der Waals surface area (Å²) in [5.74, 6) is 1.37. The number of aromatic nitrogens is 3. The molecule has 0 unspecified atom stereocenters. The molecular weight excluding hydrogens is 410 g/mol. The van der Waals surface area contributed by atoms with Gasteiger partial charge in [-0.25, -0.2) is 9.97 Å². The number of halogens is 1. The molecule has 0 amide bonds. The van der Waals surface area contributed by atoms with Gasteiger partial charge < -0.3 is 13.7 Å². The van der Waals surface area contributed by atoms with Crippen LogP contribution in [-0.2, 0) is 4.74 Å². The number of nitrogens with zero attached hydrogens (tertiary/aromatic N) is 3. The molecule has 1 fully saturated rings. The molecule has 1 saturated heterocycles. The number of allylic oxidation sites excluding steroid dienone is 4. The van der Waals surface area contributed by atoms with Gasteiger partial charge in [0.2, 0.25) is 5.89 Å². The highest BCUT2D eigenvalue weighted by atomic mass is 35.5. The highest BCUT2D eigenvalue weighted by Gasteiger charge is 2.24. The molecule has 31 heavy (non-hydrogen) atoms. The lowest BCUT2D eigenvalue weighted by Gasteiger charge is -2.26. The molecule has 1 aliphatic heterocycles. The Balaban J connectivity index is 1.69. The zero-order valence-corrected chi connectivity index (χ0v) is 17.8. The lowest BCUT2D eigenvalue weighted by molar-refractivity contribution is 0.0704. The van der Waals surface area contributed by atoms with Crippen molar-refractivity contribution in [2.45, 2.75) is 18.9 Å². The number of rotatable bonds is 5. The highest BCUT2D eigenvalue weighted by Crippen LogP contribution is 2.35. The number of hydrogen-bond acceptors (Lipinski definition) is 4. The fourth-order valence-corrected chi connectivity index (χ4v) is 4.30. The fourth-order valence-electron chi connectivity index (χ4n) is 4.14. The zero-order valence-electron chi connectivity index (χ0n) is 17.1. The molecule has 156 valence electrons. The van der Waals surface area contributed by atoms with Gasteiger partial charge in [0.25, 0.3) is 0 Å². The Morgan fingerprint density at radius 3 is 2.58 bits per heavy atom. The molecule has 0 N–H and O–H groups in total. The third-order valence-corrected chi connectivity index (χ3v) is 6.03. The summed E-state index contributed by atoms with van der Waals surface area (Å²) in [6, 6.07) is 14.1. The van der Waals surface area contributed by atoms with Crippen LogP contribution in [0, 0.1) is 0 Å². The van der Waals surface area contributed by atoms with E-state index in [1.165, 1.54) is 0 Å². The SMILES string of the molecule is C=C/C(Cl)=C(\C=C)c1nc2cc(-c3nc4ccccc4o3)ccc2n1C1CCOCC1. The van der Waals surface area contributed by atoms with E-state index < -0.39 is 0 Å². The van der Waals surface area contributed by atoms with Crippen LogP contribution in [0.4, 0.5) is 0 Å². The van der Waals surface area contributed by atoms with E-state index in [4.69, 9.17) is 25.7 Å². The molecule has 1 aliphatic rings. The summed E-state index contributed by atoms with van der Waals surface area (Å²) in [4.78, 5) is 9.58. The summed E-state index contributed by atoms with van der Waals surface area (Å²) in [7, 11) is 0. The number of hydrogen-bond donors (Lipinski definition) is 0. The van der Waals surface area contributed by atoms with Crippen LogP contribution < -0.4 is 0 Å². The van der Waals surface area contributed by atoms with Crippen molar-refractivity contribution in [1.82, 2.24) is 14.5 Å². The first-order valence-electron chi connectivity index (χ1n) is 10.3. The van der Waals surface area contributed by atoms with E-state index in [9.17, 15) is 0 Å². The van der Waals surface area contributed by atoms with Gasteiger partial charge >= 0.3 is 0 Å². The Morgan fingerprint density at radius 2 is 1.84 bits per heavy atom. The maximum atomic E-state index is 6.46. The van der Waals surface area contributed by atoms with Gasteiger partial charge in [0.05, 0.1) is 16.1 Å². The van der Waals surface area contributed by atoms with E-state index in [0.717, 1.165) is 65.1 Å². The summed E-state index contributed by atoms with van der Waals surface area (Å²) < 4.78 is 13.8. The molecule has 0 bridgehead atoms. The molecule has 3 heterocycles. The summed E-state index contributed by atoms with van der Waals surface area (Å²) in [5.41, 5.74) is 5.14. The van der Waals surface area contributed by atoms with Crippen molar-refractivity contribution in [3.63, 3.8) is 0 Å². The third kappa shape index (κ3) is 3.50. The Bertz CT molecular complexity index is 1290. The number of benzene rings is 2. The van der Waals surface area contributed by atoms with Crippen LogP contribution in [0.3, 0.4) is 0 Å². The molecule has 6 heteroatoms. The molecule has 4 aromatic rings. The number of fused-ring (bicyclic) bond motifs is 2. The minimum absolute atomic E-state index is 0.271. The van der Waals surface area contributed by atoms with Crippen molar-refractivity contribution in [2.75, 3.05) is 13.2 Å². The molecule has 0 radical (unpaired) electrons. The van der Waals surface area contributed by atoms with E-state index >= 15 is 0 Å². The van der Waals surface area contributed by atoms with Crippen LogP contribution in [0.5, 0.6) is 0 Å². The highest BCUT2D eigenvalue weighted by molar-refractivity contribution is 6.34. The smallest absolute Gasteiger partial charge is 0.227 e. The van der Waals surface area contributed by atoms with Crippen molar-refractivity contribution in [1.29, 1.82) is 0 Å². The van der Waals surface area contributed by atoms with E-state index in [-0.39, 0.29) is 6.04 Å². The Hall–Kier alpha value is -3.15. The van der Waals surface area contributed by atoms with Crippen LogP contribution in [0.15, 0.2) is 77.2 Å². The largest absolute Gasteiger partial charge is 0.436 e. The standard InChI is InChI=1S/C25H22ClN3O2/c1-3-18(19(26)4-2)24-27-21-15-16(25-28-20-7-5-6-8-23(20)31-25)9-10-22(21)29(24)17-11-13-30-14-12-17/h3-10,15,17H,1-2,11-14H2/b19-18-. The van der Waals surface area contributed by atoms with Crippen LogP contribution in [0.2, 0.25) is 0 Å². The van der Waals surface area contributed by atoms with Crippen molar-refractivity contribution >= 4 is 39.3 Å². The first-order valence-corrected chi connectivity index (χ1v) is 10.7. The molecule has 0 saturated carbocycles. The lowest BCUT2D eigenvalue weighted by Crippen LogP contribution is -2.21. The molecule has 2 aromatic heterocycles. The van der Waals surface area contributed by atoms with Gasteiger partial charge in [-0.15, -0.1) is 0 Å². The van der Waals surface area contributed by atoms with Crippen molar-refractivity contribution in [3.05, 3.63) is 78.6 Å². The number of imidazole rings is 1. The molecule has 0 atom stereocenters. The molecule has 5 rings (SSSR count). The van der Waals surface area contributed by atoms with Gasteiger partial charge in [-0.3, -0.25) is 0 Å². The minimum atomic E-state index is 0.271. The Kier molecular flexibility index (Phi) is 5.22. The van der Waals surface area contributed by atoms with E-state index in [1.807, 2.05) is 36.4 Å². The Labute approximate surface area is 185 Å². The van der Waals surface area contributed by atoms with Gasteiger partial charge in [-0.2, -0.15) is 0 Å². The van der Waals surface area contributed by atoms with E-state index in [0.29, 0.717) is 10.9 Å². The Morgan fingerprint density at radius 1 is 1.03 bits per heavy atom. The minimum Gasteiger partial charge on any atom is -0.436 e. The quantitative estimate of drug-likeness (QED) is 0.337. The maximum absolute atomic E-state index is 6.46. The lowest BCUT2D eigenvalue weighted by atomic mass is 10.1. The third-order valence-electron chi connectivity index (χ3n) is 5.67. The number of para-hydroxylation sites is 2. The summed E-state index contributed by atoms with van der Waals surface area (Å²) in [6.45, 7) is 9.23. The van der Waals surface area contributed by atoms with Crippen molar-refractivity contribution in [2.24, 2.45) is 0 Å². The van der Waals surface area contributed by atoms with Gasteiger partial charge in [-0.05, 0) is 49.2 Å².